The minimum Gasteiger partial charge on any atom is -0.505 e. The average molecular weight is 190 g/mol. The van der Waals surface area contributed by atoms with Crippen molar-refractivity contribution in [3.8, 4) is 0 Å². The van der Waals surface area contributed by atoms with Crippen LogP contribution in [0.15, 0.2) is 42.7 Å². The summed E-state index contributed by atoms with van der Waals surface area (Å²) in [6, 6.07) is 10.6. The molecule has 1 atom stereocenters. The zero-order chi connectivity index (χ0) is 10.2. The van der Waals surface area contributed by atoms with Crippen LogP contribution in [-0.4, -0.2) is 7.11 Å². The first-order valence-corrected chi connectivity index (χ1v) is 5.06. The van der Waals surface area contributed by atoms with Crippen LogP contribution in [0.4, 0.5) is 0 Å². The number of allylic oxidation sites excluding steroid dienone is 1. The Kier molecular flexibility index (Phi) is 4.84. The minimum absolute atomic E-state index is 0.579. The lowest BCUT2D eigenvalue weighted by Gasteiger charge is -2.05. The number of ether oxygens (including phenoxy) is 1. The van der Waals surface area contributed by atoms with Gasteiger partial charge in [-0.15, -0.1) is 0 Å². The van der Waals surface area contributed by atoms with Crippen LogP contribution in [0.25, 0.3) is 0 Å². The smallest absolute Gasteiger partial charge is 0.0787 e. The van der Waals surface area contributed by atoms with Crippen molar-refractivity contribution in [3.63, 3.8) is 0 Å². The van der Waals surface area contributed by atoms with E-state index >= 15 is 0 Å². The highest BCUT2D eigenvalue weighted by Crippen LogP contribution is 2.10. The molecular weight excluding hydrogens is 172 g/mol. The molecule has 1 rings (SSSR count). The van der Waals surface area contributed by atoms with Crippen molar-refractivity contribution in [3.05, 3.63) is 48.2 Å². The van der Waals surface area contributed by atoms with E-state index in [-0.39, 0.29) is 0 Å². The monoisotopic (exact) mass is 190 g/mol. The van der Waals surface area contributed by atoms with Crippen LogP contribution in [0.5, 0.6) is 0 Å². The summed E-state index contributed by atoms with van der Waals surface area (Å²) < 4.78 is 4.88. The summed E-state index contributed by atoms with van der Waals surface area (Å²) >= 11 is 0. The van der Waals surface area contributed by atoms with Crippen molar-refractivity contribution in [2.45, 2.75) is 19.8 Å². The molecule has 0 aliphatic carbocycles. The summed E-state index contributed by atoms with van der Waals surface area (Å²) in [5, 5.41) is 0. The molecule has 0 spiro atoms. The second kappa shape index (κ2) is 6.25. The molecule has 0 radical (unpaired) electrons. The Balaban J connectivity index is 2.30. The van der Waals surface area contributed by atoms with E-state index in [0.29, 0.717) is 5.92 Å². The Labute approximate surface area is 86.4 Å². The molecule has 1 unspecified atom stereocenters. The third-order valence-corrected chi connectivity index (χ3v) is 2.27. The average Bonchev–Trinajstić information content (AvgIpc) is 2.25. The zero-order valence-electron chi connectivity index (χ0n) is 8.94. The second-order valence-corrected chi connectivity index (χ2v) is 3.57. The lowest BCUT2D eigenvalue weighted by molar-refractivity contribution is 0.333. The summed E-state index contributed by atoms with van der Waals surface area (Å²) in [6.45, 7) is 2.21. The Morgan fingerprint density at radius 3 is 2.64 bits per heavy atom. The van der Waals surface area contributed by atoms with Gasteiger partial charge in [-0.05, 0) is 30.4 Å². The maximum Gasteiger partial charge on any atom is 0.0787 e. The molecule has 1 heteroatoms. The molecule has 0 heterocycles. The van der Waals surface area contributed by atoms with Crippen molar-refractivity contribution in [1.82, 2.24) is 0 Å². The molecule has 0 fully saturated rings. The van der Waals surface area contributed by atoms with Crippen molar-refractivity contribution in [2.75, 3.05) is 7.11 Å². The minimum atomic E-state index is 0.579. The molecule has 0 saturated heterocycles. The van der Waals surface area contributed by atoms with Gasteiger partial charge in [0.05, 0.1) is 13.4 Å². The number of hydrogen-bond donors (Lipinski definition) is 0. The van der Waals surface area contributed by atoms with Crippen molar-refractivity contribution in [1.29, 1.82) is 0 Å². The van der Waals surface area contributed by atoms with Gasteiger partial charge in [-0.1, -0.05) is 37.3 Å². The van der Waals surface area contributed by atoms with Gasteiger partial charge in [-0.25, -0.2) is 0 Å². The van der Waals surface area contributed by atoms with Gasteiger partial charge < -0.3 is 4.74 Å². The Bertz CT molecular complexity index is 264. The summed E-state index contributed by atoms with van der Waals surface area (Å²) in [5.74, 6) is 0.579. The molecule has 0 amide bonds. The molecule has 0 N–H and O–H groups in total. The largest absolute Gasteiger partial charge is 0.505 e. The van der Waals surface area contributed by atoms with Crippen LogP contribution in [0.1, 0.15) is 18.9 Å². The van der Waals surface area contributed by atoms with E-state index in [1.807, 2.05) is 0 Å². The van der Waals surface area contributed by atoms with Gasteiger partial charge >= 0.3 is 0 Å². The Morgan fingerprint density at radius 2 is 2.00 bits per heavy atom. The van der Waals surface area contributed by atoms with E-state index in [2.05, 4.69) is 43.3 Å². The van der Waals surface area contributed by atoms with Crippen LogP contribution >= 0.6 is 0 Å². The molecule has 1 nitrogen and oxygen atoms in total. The summed E-state index contributed by atoms with van der Waals surface area (Å²) in [5.41, 5.74) is 1.41. The van der Waals surface area contributed by atoms with Crippen LogP contribution < -0.4 is 0 Å². The molecule has 0 saturated carbocycles. The van der Waals surface area contributed by atoms with Gasteiger partial charge in [0.25, 0.3) is 0 Å². The predicted molar refractivity (Wildman–Crippen MR) is 60.1 cm³/mol. The number of methoxy groups -OCH3 is 1. The van der Waals surface area contributed by atoms with E-state index in [9.17, 15) is 0 Å². The topological polar surface area (TPSA) is 9.23 Å². The fourth-order valence-electron chi connectivity index (χ4n) is 1.35. The summed E-state index contributed by atoms with van der Waals surface area (Å²) in [7, 11) is 1.68. The Hall–Kier alpha value is -1.24. The van der Waals surface area contributed by atoms with Gasteiger partial charge in [-0.2, -0.15) is 0 Å². The highest BCUT2D eigenvalue weighted by Gasteiger charge is 1.97. The van der Waals surface area contributed by atoms with E-state index in [0.717, 1.165) is 6.42 Å². The van der Waals surface area contributed by atoms with E-state index in [1.165, 1.54) is 12.0 Å². The molecule has 0 aliphatic heterocycles. The highest BCUT2D eigenvalue weighted by molar-refractivity contribution is 5.14. The van der Waals surface area contributed by atoms with Gasteiger partial charge in [0.2, 0.25) is 0 Å². The summed E-state index contributed by atoms with van der Waals surface area (Å²) in [4.78, 5) is 0. The van der Waals surface area contributed by atoms with E-state index in [1.54, 1.807) is 13.4 Å². The molecule has 0 bridgehead atoms. The standard InChI is InChI=1S/C13H18O/c1-12(10-11-14-2)8-9-13-6-4-3-5-7-13/h3-7,10-12H,8-9H2,1-2H3/b11-10-. The molecule has 0 aromatic heterocycles. The second-order valence-electron chi connectivity index (χ2n) is 3.57. The lowest BCUT2D eigenvalue weighted by Crippen LogP contribution is -1.93. The number of aryl methyl sites for hydroxylation is 1. The van der Waals surface area contributed by atoms with Crippen LogP contribution in [-0.2, 0) is 11.2 Å². The Morgan fingerprint density at radius 1 is 1.29 bits per heavy atom. The maximum absolute atomic E-state index is 4.88. The number of rotatable bonds is 5. The van der Waals surface area contributed by atoms with Crippen molar-refractivity contribution in [2.24, 2.45) is 5.92 Å². The first-order chi connectivity index (χ1) is 6.83. The van der Waals surface area contributed by atoms with Crippen molar-refractivity contribution >= 4 is 0 Å². The van der Waals surface area contributed by atoms with Crippen LogP contribution in [0.3, 0.4) is 0 Å². The highest BCUT2D eigenvalue weighted by atomic mass is 16.5. The lowest BCUT2D eigenvalue weighted by atomic mass is 10.0. The first kappa shape index (κ1) is 10.8. The molecule has 76 valence electrons. The van der Waals surface area contributed by atoms with E-state index in [4.69, 9.17) is 4.74 Å². The predicted octanol–water partition coefficient (Wildman–Crippen LogP) is 3.42. The van der Waals surface area contributed by atoms with Crippen LogP contribution in [0, 0.1) is 5.92 Å². The van der Waals surface area contributed by atoms with Crippen molar-refractivity contribution < 1.29 is 4.74 Å². The van der Waals surface area contributed by atoms with Gasteiger partial charge in [-0.3, -0.25) is 0 Å². The normalized spacial score (nSPS) is 13.0. The van der Waals surface area contributed by atoms with Gasteiger partial charge in [0, 0.05) is 0 Å². The van der Waals surface area contributed by atoms with E-state index < -0.39 is 0 Å². The number of hydrogen-bond acceptors (Lipinski definition) is 1. The molecule has 1 aromatic carbocycles. The first-order valence-electron chi connectivity index (χ1n) is 5.06. The zero-order valence-corrected chi connectivity index (χ0v) is 8.94. The fraction of sp³-hybridized carbons (Fsp3) is 0.385. The molecule has 1 aromatic rings. The fourth-order valence-corrected chi connectivity index (χ4v) is 1.35. The third-order valence-electron chi connectivity index (χ3n) is 2.27. The van der Waals surface area contributed by atoms with Gasteiger partial charge in [0.1, 0.15) is 0 Å². The SMILES string of the molecule is CO/C=C\C(C)CCc1ccccc1. The molecular formula is C13H18O. The van der Waals surface area contributed by atoms with Gasteiger partial charge in [0.15, 0.2) is 0 Å². The molecule has 0 aliphatic rings. The maximum atomic E-state index is 4.88. The summed E-state index contributed by atoms with van der Waals surface area (Å²) in [6.07, 6.45) is 6.17. The quantitative estimate of drug-likeness (QED) is 0.646. The van der Waals surface area contributed by atoms with Crippen LogP contribution in [0.2, 0.25) is 0 Å². The molecule has 14 heavy (non-hydrogen) atoms. The number of benzene rings is 1. The third kappa shape index (κ3) is 4.13.